The van der Waals surface area contributed by atoms with E-state index in [1.54, 1.807) is 0 Å². The molecule has 2 aromatic rings. The number of piperazine rings is 1. The van der Waals surface area contributed by atoms with Crippen molar-refractivity contribution >= 4 is 11.3 Å². The Bertz CT molecular complexity index is 562. The van der Waals surface area contributed by atoms with Crippen LogP contribution in [0, 0.1) is 5.51 Å². The molecule has 1 aliphatic heterocycles. The third kappa shape index (κ3) is 2.37. The number of hydrogen-bond acceptors (Lipinski definition) is 5. The lowest BCUT2D eigenvalue weighted by Crippen LogP contribution is -2.47. The van der Waals surface area contributed by atoms with Gasteiger partial charge in [0.05, 0.1) is 17.4 Å². The van der Waals surface area contributed by atoms with Gasteiger partial charge in [-0.25, -0.2) is 4.98 Å². The number of pyridine rings is 1. The molecule has 1 N–H and O–H groups in total. The molecular weight excluding hydrogens is 268 g/mol. The highest BCUT2D eigenvalue weighted by atomic mass is 32.1. The molecule has 2 fully saturated rings. The summed E-state index contributed by atoms with van der Waals surface area (Å²) in [4.78, 5) is 11.5. The first-order chi connectivity index (χ1) is 9.92. The Morgan fingerprint density at radius 2 is 2.30 bits per heavy atom. The van der Waals surface area contributed by atoms with Gasteiger partial charge in [-0.05, 0) is 25.0 Å². The molecule has 0 bridgehead atoms. The molecule has 4 nitrogen and oxygen atoms in total. The average Bonchev–Trinajstić information content (AvgIpc) is 3.22. The van der Waals surface area contributed by atoms with Gasteiger partial charge in [-0.3, -0.25) is 9.88 Å². The lowest BCUT2D eigenvalue weighted by atomic mass is 10.1. The Balaban J connectivity index is 1.58. The molecule has 2 aliphatic rings. The van der Waals surface area contributed by atoms with Crippen molar-refractivity contribution in [3.63, 3.8) is 0 Å². The van der Waals surface area contributed by atoms with Crippen LogP contribution in [0.4, 0.5) is 0 Å². The van der Waals surface area contributed by atoms with E-state index in [1.807, 2.05) is 11.6 Å². The van der Waals surface area contributed by atoms with Gasteiger partial charge in [0.1, 0.15) is 0 Å². The zero-order valence-electron chi connectivity index (χ0n) is 11.2. The predicted molar refractivity (Wildman–Crippen MR) is 79.5 cm³/mol. The Labute approximate surface area is 122 Å². The zero-order chi connectivity index (χ0) is 13.4. The van der Waals surface area contributed by atoms with Crippen LogP contribution in [0.25, 0.3) is 11.3 Å². The van der Waals surface area contributed by atoms with E-state index in [-0.39, 0.29) is 0 Å². The van der Waals surface area contributed by atoms with Crippen LogP contribution in [0.1, 0.15) is 24.6 Å². The first-order valence-electron chi connectivity index (χ1n) is 7.16. The molecule has 20 heavy (non-hydrogen) atoms. The highest BCUT2D eigenvalue weighted by molar-refractivity contribution is 7.07. The summed E-state index contributed by atoms with van der Waals surface area (Å²) in [7, 11) is 0. The van der Waals surface area contributed by atoms with Crippen LogP contribution in [-0.2, 0) is 0 Å². The van der Waals surface area contributed by atoms with Crippen LogP contribution in [0.5, 0.6) is 0 Å². The summed E-state index contributed by atoms with van der Waals surface area (Å²) in [6.45, 7) is 3.24. The maximum atomic E-state index is 4.69. The summed E-state index contributed by atoms with van der Waals surface area (Å²) in [5.74, 6) is 0. The molecular formula is C15H17N4S. The maximum absolute atomic E-state index is 4.69. The second-order valence-electron chi connectivity index (χ2n) is 5.48. The Morgan fingerprint density at radius 1 is 1.35 bits per heavy atom. The minimum Gasteiger partial charge on any atom is -0.313 e. The lowest BCUT2D eigenvalue weighted by molar-refractivity contribution is 0.149. The number of rotatable bonds is 3. The molecule has 103 valence electrons. The van der Waals surface area contributed by atoms with Crippen LogP contribution in [0.15, 0.2) is 23.7 Å². The molecule has 1 unspecified atom stereocenters. The number of thiazole rings is 1. The molecule has 0 aromatic carbocycles. The minimum absolute atomic E-state index is 0.423. The number of hydrogen-bond donors (Lipinski definition) is 1. The highest BCUT2D eigenvalue weighted by Crippen LogP contribution is 2.34. The quantitative estimate of drug-likeness (QED) is 0.938. The van der Waals surface area contributed by atoms with Crippen molar-refractivity contribution in [3.8, 4) is 11.3 Å². The third-order valence-corrected chi connectivity index (χ3v) is 4.65. The van der Waals surface area contributed by atoms with Crippen molar-refractivity contribution in [1.29, 1.82) is 0 Å². The van der Waals surface area contributed by atoms with Gasteiger partial charge in [0.2, 0.25) is 0 Å². The first-order valence-corrected chi connectivity index (χ1v) is 8.04. The molecule has 1 saturated carbocycles. The van der Waals surface area contributed by atoms with Crippen molar-refractivity contribution in [2.45, 2.75) is 24.9 Å². The molecule has 2 aromatic heterocycles. The van der Waals surface area contributed by atoms with Crippen LogP contribution in [0.2, 0.25) is 0 Å². The molecule has 3 heterocycles. The van der Waals surface area contributed by atoms with E-state index in [2.05, 4.69) is 37.8 Å². The second-order valence-corrected chi connectivity index (χ2v) is 6.14. The fraction of sp³-hybridized carbons (Fsp3) is 0.467. The predicted octanol–water partition coefficient (Wildman–Crippen LogP) is 2.11. The van der Waals surface area contributed by atoms with E-state index < -0.39 is 0 Å². The normalized spacial score (nSPS) is 23.9. The SMILES string of the molecule is [c]1nc(-c2ccc(C3CNCCN3C3CC3)nc2)cs1. The lowest BCUT2D eigenvalue weighted by Gasteiger charge is -2.36. The van der Waals surface area contributed by atoms with E-state index >= 15 is 0 Å². The number of nitrogens with zero attached hydrogens (tertiary/aromatic N) is 3. The Hall–Kier alpha value is -1.30. The van der Waals surface area contributed by atoms with Gasteiger partial charge >= 0.3 is 0 Å². The average molecular weight is 285 g/mol. The standard InChI is InChI=1S/C15H17N4S/c1-4-13(17-7-11(1)14-9-20-10-18-14)15-8-16-5-6-19(15)12-2-3-12/h1,4,7,9,12,15-16H,2-3,5-6,8H2. The molecule has 4 rings (SSSR count). The van der Waals surface area contributed by atoms with Gasteiger partial charge in [-0.1, -0.05) is 0 Å². The molecule has 1 saturated heterocycles. The smallest absolute Gasteiger partial charge is 0.152 e. The van der Waals surface area contributed by atoms with E-state index in [9.17, 15) is 0 Å². The number of aromatic nitrogens is 2. The van der Waals surface area contributed by atoms with E-state index in [0.717, 1.165) is 36.9 Å². The zero-order valence-corrected chi connectivity index (χ0v) is 12.1. The molecule has 5 heteroatoms. The van der Waals surface area contributed by atoms with Crippen molar-refractivity contribution in [3.05, 3.63) is 34.9 Å². The molecule has 1 aliphatic carbocycles. The van der Waals surface area contributed by atoms with Crippen molar-refractivity contribution < 1.29 is 0 Å². The van der Waals surface area contributed by atoms with Crippen molar-refractivity contribution in [2.24, 2.45) is 0 Å². The van der Waals surface area contributed by atoms with E-state index in [4.69, 9.17) is 0 Å². The summed E-state index contributed by atoms with van der Waals surface area (Å²) in [5.41, 5.74) is 6.10. The fourth-order valence-corrected chi connectivity index (χ4v) is 3.41. The second kappa shape index (κ2) is 5.24. The van der Waals surface area contributed by atoms with Crippen LogP contribution < -0.4 is 5.32 Å². The van der Waals surface area contributed by atoms with E-state index in [0.29, 0.717) is 6.04 Å². The minimum atomic E-state index is 0.423. The van der Waals surface area contributed by atoms with Crippen LogP contribution >= 0.6 is 11.3 Å². The van der Waals surface area contributed by atoms with E-state index in [1.165, 1.54) is 29.9 Å². The fourth-order valence-electron chi connectivity index (χ4n) is 2.91. The maximum Gasteiger partial charge on any atom is 0.152 e. The van der Waals surface area contributed by atoms with Gasteiger partial charge in [-0.2, -0.15) is 0 Å². The van der Waals surface area contributed by atoms with Gasteiger partial charge in [0, 0.05) is 42.8 Å². The van der Waals surface area contributed by atoms with Gasteiger partial charge in [0.15, 0.2) is 5.51 Å². The van der Waals surface area contributed by atoms with Gasteiger partial charge < -0.3 is 5.32 Å². The molecule has 1 radical (unpaired) electrons. The van der Waals surface area contributed by atoms with Crippen LogP contribution in [-0.4, -0.2) is 40.5 Å². The topological polar surface area (TPSA) is 41.1 Å². The molecule has 1 atom stereocenters. The molecule has 0 amide bonds. The van der Waals surface area contributed by atoms with Gasteiger partial charge in [0.25, 0.3) is 0 Å². The van der Waals surface area contributed by atoms with Crippen LogP contribution in [0.3, 0.4) is 0 Å². The third-order valence-electron chi connectivity index (χ3n) is 4.11. The summed E-state index contributed by atoms with van der Waals surface area (Å²) in [6, 6.07) is 5.50. The Kier molecular flexibility index (Phi) is 3.26. The summed E-state index contributed by atoms with van der Waals surface area (Å²) in [5, 5.41) is 5.50. The summed E-state index contributed by atoms with van der Waals surface area (Å²) in [6.07, 6.45) is 4.64. The summed E-state index contributed by atoms with van der Waals surface area (Å²) < 4.78 is 0. The van der Waals surface area contributed by atoms with Crippen molar-refractivity contribution in [1.82, 2.24) is 20.2 Å². The largest absolute Gasteiger partial charge is 0.313 e. The van der Waals surface area contributed by atoms with Gasteiger partial charge in [-0.15, -0.1) is 11.3 Å². The molecule has 0 spiro atoms. The first kappa shape index (κ1) is 12.4. The van der Waals surface area contributed by atoms with Crippen molar-refractivity contribution in [2.75, 3.05) is 19.6 Å². The summed E-state index contributed by atoms with van der Waals surface area (Å²) >= 11 is 1.50. The monoisotopic (exact) mass is 285 g/mol. The Morgan fingerprint density at radius 3 is 3.00 bits per heavy atom. The highest BCUT2D eigenvalue weighted by Gasteiger charge is 2.36. The number of nitrogens with one attached hydrogen (secondary N) is 1.